The van der Waals surface area contributed by atoms with Crippen LogP contribution in [0.25, 0.3) is 0 Å². The van der Waals surface area contributed by atoms with Gasteiger partial charge in [-0.3, -0.25) is 9.89 Å². The molecule has 0 bridgehead atoms. The lowest BCUT2D eigenvalue weighted by Crippen LogP contribution is -2.42. The summed E-state index contributed by atoms with van der Waals surface area (Å²) in [6, 6.07) is 10.5. The number of carbonyl (C=O) groups is 1. The van der Waals surface area contributed by atoms with Crippen molar-refractivity contribution in [1.82, 2.24) is 15.1 Å². The summed E-state index contributed by atoms with van der Waals surface area (Å²) in [6.45, 7) is 1.71. The van der Waals surface area contributed by atoms with E-state index in [1.807, 2.05) is 6.07 Å². The minimum Gasteiger partial charge on any atom is -0.342 e. The Bertz CT molecular complexity index is 680. The molecule has 1 aromatic heterocycles. The van der Waals surface area contributed by atoms with Crippen molar-refractivity contribution in [1.29, 1.82) is 0 Å². The Morgan fingerprint density at radius 1 is 1.17 bits per heavy atom. The summed E-state index contributed by atoms with van der Waals surface area (Å²) < 4.78 is 0. The Hall–Kier alpha value is -2.10. The van der Waals surface area contributed by atoms with Crippen molar-refractivity contribution in [3.8, 4) is 0 Å². The molecule has 120 valence electrons. The van der Waals surface area contributed by atoms with Gasteiger partial charge in [-0.25, -0.2) is 0 Å². The van der Waals surface area contributed by atoms with E-state index in [4.69, 9.17) is 0 Å². The van der Waals surface area contributed by atoms with Crippen molar-refractivity contribution in [2.24, 2.45) is 0 Å². The molecule has 1 aromatic carbocycles. The first kappa shape index (κ1) is 14.5. The summed E-state index contributed by atoms with van der Waals surface area (Å²) in [5, 5.41) is 7.13. The summed E-state index contributed by atoms with van der Waals surface area (Å²) in [5.74, 6) is 0.774. The Labute approximate surface area is 136 Å². The van der Waals surface area contributed by atoms with E-state index in [1.165, 1.54) is 11.1 Å². The van der Waals surface area contributed by atoms with E-state index in [0.29, 0.717) is 11.8 Å². The molecule has 0 saturated carbocycles. The maximum atomic E-state index is 13.1. The molecular weight excluding hydrogens is 286 g/mol. The van der Waals surface area contributed by atoms with E-state index >= 15 is 0 Å². The lowest BCUT2D eigenvalue weighted by atomic mass is 9.81. The van der Waals surface area contributed by atoms with Crippen LogP contribution < -0.4 is 0 Å². The molecule has 4 rings (SSSR count). The van der Waals surface area contributed by atoms with Gasteiger partial charge < -0.3 is 4.90 Å². The van der Waals surface area contributed by atoms with Crippen LogP contribution in [-0.2, 0) is 11.2 Å². The SMILES string of the molecule is O=C([C@H]1CCCc2ccccc21)N1CCC[C@H](c2ccn[nH]2)C1. The fourth-order valence-corrected chi connectivity index (χ4v) is 4.16. The van der Waals surface area contributed by atoms with E-state index in [2.05, 4.69) is 39.4 Å². The standard InChI is InChI=1S/C19H23N3O/c23-19(17-9-3-6-14-5-1-2-8-16(14)17)22-12-4-7-15(13-22)18-10-11-20-21-18/h1-2,5,8,10-11,15,17H,3-4,6-7,9,12-13H2,(H,20,21)/t15-,17-/m0/s1. The quantitative estimate of drug-likeness (QED) is 0.926. The molecular formula is C19H23N3O. The highest BCUT2D eigenvalue weighted by Gasteiger charge is 2.32. The monoisotopic (exact) mass is 309 g/mol. The zero-order valence-corrected chi connectivity index (χ0v) is 13.4. The summed E-state index contributed by atoms with van der Waals surface area (Å²) >= 11 is 0. The average Bonchev–Trinajstić information content (AvgIpc) is 3.15. The number of nitrogens with zero attached hydrogens (tertiary/aromatic N) is 2. The van der Waals surface area contributed by atoms with Crippen molar-refractivity contribution in [3.63, 3.8) is 0 Å². The van der Waals surface area contributed by atoms with Gasteiger partial charge in [-0.05, 0) is 49.3 Å². The van der Waals surface area contributed by atoms with Crippen molar-refractivity contribution in [3.05, 3.63) is 53.3 Å². The molecule has 1 aliphatic heterocycles. The number of carbonyl (C=O) groups excluding carboxylic acids is 1. The molecule has 1 fully saturated rings. The van der Waals surface area contributed by atoms with Crippen LogP contribution in [0.3, 0.4) is 0 Å². The number of fused-ring (bicyclic) bond motifs is 1. The topological polar surface area (TPSA) is 49.0 Å². The first-order valence-electron chi connectivity index (χ1n) is 8.69. The molecule has 2 aromatic rings. The fourth-order valence-electron chi connectivity index (χ4n) is 4.16. The van der Waals surface area contributed by atoms with E-state index in [-0.39, 0.29) is 5.92 Å². The number of aromatic amines is 1. The fraction of sp³-hybridized carbons (Fsp3) is 0.474. The Morgan fingerprint density at radius 3 is 2.96 bits per heavy atom. The number of likely N-dealkylation sites (tertiary alicyclic amines) is 1. The second kappa shape index (κ2) is 6.19. The van der Waals surface area contributed by atoms with Gasteiger partial charge >= 0.3 is 0 Å². The van der Waals surface area contributed by atoms with E-state index in [9.17, 15) is 4.79 Å². The van der Waals surface area contributed by atoms with Crippen LogP contribution in [0.1, 0.15) is 54.3 Å². The van der Waals surface area contributed by atoms with Crippen molar-refractivity contribution in [2.75, 3.05) is 13.1 Å². The first-order chi connectivity index (χ1) is 11.3. The van der Waals surface area contributed by atoms with Gasteiger partial charge in [-0.1, -0.05) is 24.3 Å². The Balaban J connectivity index is 1.53. The van der Waals surface area contributed by atoms with Gasteiger partial charge in [0.25, 0.3) is 0 Å². The molecule has 0 unspecified atom stereocenters. The van der Waals surface area contributed by atoms with Gasteiger partial charge in [0.05, 0.1) is 5.92 Å². The Morgan fingerprint density at radius 2 is 2.09 bits per heavy atom. The lowest BCUT2D eigenvalue weighted by molar-refractivity contribution is -0.134. The molecule has 4 nitrogen and oxygen atoms in total. The first-order valence-corrected chi connectivity index (χ1v) is 8.69. The maximum absolute atomic E-state index is 13.1. The normalized spacial score (nSPS) is 24.3. The van der Waals surface area contributed by atoms with Gasteiger partial charge in [0.2, 0.25) is 5.91 Å². The number of piperidine rings is 1. The highest BCUT2D eigenvalue weighted by atomic mass is 16.2. The van der Waals surface area contributed by atoms with Crippen LogP contribution in [-0.4, -0.2) is 34.1 Å². The molecule has 1 N–H and O–H groups in total. The second-order valence-electron chi connectivity index (χ2n) is 6.78. The van der Waals surface area contributed by atoms with Gasteiger partial charge in [0.1, 0.15) is 0 Å². The average molecular weight is 309 g/mol. The van der Waals surface area contributed by atoms with Crippen LogP contribution in [0.4, 0.5) is 0 Å². The van der Waals surface area contributed by atoms with Crippen molar-refractivity contribution >= 4 is 5.91 Å². The lowest BCUT2D eigenvalue weighted by Gasteiger charge is -2.36. The highest BCUT2D eigenvalue weighted by Crippen LogP contribution is 2.35. The maximum Gasteiger partial charge on any atom is 0.230 e. The molecule has 2 aliphatic rings. The van der Waals surface area contributed by atoms with Crippen LogP contribution in [0.2, 0.25) is 0 Å². The molecule has 2 heterocycles. The van der Waals surface area contributed by atoms with Crippen LogP contribution >= 0.6 is 0 Å². The number of H-pyrrole nitrogens is 1. The third-order valence-corrected chi connectivity index (χ3v) is 5.36. The molecule has 1 aliphatic carbocycles. The van der Waals surface area contributed by atoms with Gasteiger partial charge in [-0.15, -0.1) is 0 Å². The summed E-state index contributed by atoms with van der Waals surface area (Å²) in [4.78, 5) is 15.2. The third-order valence-electron chi connectivity index (χ3n) is 5.36. The number of benzene rings is 1. The van der Waals surface area contributed by atoms with Crippen molar-refractivity contribution in [2.45, 2.75) is 43.9 Å². The second-order valence-corrected chi connectivity index (χ2v) is 6.78. The third kappa shape index (κ3) is 2.78. The van der Waals surface area contributed by atoms with Crippen LogP contribution in [0.5, 0.6) is 0 Å². The summed E-state index contributed by atoms with van der Waals surface area (Å²) in [6.07, 6.45) is 7.22. The minimum atomic E-state index is 0.0560. The predicted molar refractivity (Wildman–Crippen MR) is 89.3 cm³/mol. The number of hydrogen-bond acceptors (Lipinski definition) is 2. The zero-order chi connectivity index (χ0) is 15.6. The molecule has 0 radical (unpaired) electrons. The number of aryl methyl sites for hydroxylation is 1. The van der Waals surface area contributed by atoms with Gasteiger partial charge in [0, 0.05) is 30.9 Å². The molecule has 23 heavy (non-hydrogen) atoms. The van der Waals surface area contributed by atoms with Gasteiger partial charge in [0.15, 0.2) is 0 Å². The van der Waals surface area contributed by atoms with Crippen LogP contribution in [0, 0.1) is 0 Å². The van der Waals surface area contributed by atoms with Crippen molar-refractivity contribution < 1.29 is 4.79 Å². The number of aromatic nitrogens is 2. The minimum absolute atomic E-state index is 0.0560. The smallest absolute Gasteiger partial charge is 0.230 e. The zero-order valence-electron chi connectivity index (χ0n) is 13.4. The molecule has 4 heteroatoms. The number of nitrogens with one attached hydrogen (secondary N) is 1. The number of amides is 1. The van der Waals surface area contributed by atoms with Crippen LogP contribution in [0.15, 0.2) is 36.5 Å². The number of hydrogen-bond donors (Lipinski definition) is 1. The molecule has 0 spiro atoms. The molecule has 1 saturated heterocycles. The van der Waals surface area contributed by atoms with E-state index < -0.39 is 0 Å². The Kier molecular flexibility index (Phi) is 3.90. The van der Waals surface area contributed by atoms with E-state index in [0.717, 1.165) is 50.9 Å². The highest BCUT2D eigenvalue weighted by molar-refractivity contribution is 5.84. The number of rotatable bonds is 2. The largest absolute Gasteiger partial charge is 0.342 e. The van der Waals surface area contributed by atoms with E-state index in [1.54, 1.807) is 6.20 Å². The molecule has 2 atom stereocenters. The summed E-state index contributed by atoms with van der Waals surface area (Å²) in [5.41, 5.74) is 3.78. The molecule has 1 amide bonds. The predicted octanol–water partition coefficient (Wildman–Crippen LogP) is 3.24. The summed E-state index contributed by atoms with van der Waals surface area (Å²) in [7, 11) is 0. The van der Waals surface area contributed by atoms with Gasteiger partial charge in [-0.2, -0.15) is 5.10 Å².